The molecule has 5 nitrogen and oxygen atoms in total. The summed E-state index contributed by atoms with van der Waals surface area (Å²) in [6.45, 7) is 0.699. The fourth-order valence-corrected chi connectivity index (χ4v) is 4.24. The minimum atomic E-state index is -3.48. The SMILES string of the molecule is COC(=O)C1CCN(S(=O)(=O)c2ccc(CBr)cc2)CC1. The monoisotopic (exact) mass is 375 g/mol. The fourth-order valence-electron chi connectivity index (χ4n) is 2.40. The number of halogens is 1. The van der Waals surface area contributed by atoms with E-state index >= 15 is 0 Å². The summed E-state index contributed by atoms with van der Waals surface area (Å²) in [5.74, 6) is -0.453. The van der Waals surface area contributed by atoms with Gasteiger partial charge in [0.05, 0.1) is 17.9 Å². The van der Waals surface area contributed by atoms with Crippen LogP contribution in [-0.2, 0) is 24.9 Å². The van der Waals surface area contributed by atoms with Crippen molar-refractivity contribution in [1.29, 1.82) is 0 Å². The van der Waals surface area contributed by atoms with Crippen molar-refractivity contribution < 1.29 is 17.9 Å². The summed E-state index contributed by atoms with van der Waals surface area (Å²) >= 11 is 3.33. The number of ether oxygens (including phenoxy) is 1. The minimum Gasteiger partial charge on any atom is -0.469 e. The van der Waals surface area contributed by atoms with Crippen LogP contribution >= 0.6 is 15.9 Å². The van der Waals surface area contributed by atoms with Gasteiger partial charge in [-0.2, -0.15) is 4.31 Å². The molecule has 0 amide bonds. The number of nitrogens with zero attached hydrogens (tertiary/aromatic N) is 1. The zero-order chi connectivity index (χ0) is 15.5. The van der Waals surface area contributed by atoms with Gasteiger partial charge in [0.25, 0.3) is 0 Å². The molecule has 0 aliphatic carbocycles. The molecule has 7 heteroatoms. The van der Waals surface area contributed by atoms with Crippen molar-refractivity contribution in [2.24, 2.45) is 5.92 Å². The number of esters is 1. The molecule has 116 valence electrons. The number of alkyl halides is 1. The van der Waals surface area contributed by atoms with E-state index in [0.717, 1.165) is 5.56 Å². The first-order chi connectivity index (χ1) is 9.98. The largest absolute Gasteiger partial charge is 0.469 e. The second-order valence-corrected chi connectivity index (χ2v) is 7.48. The molecule has 21 heavy (non-hydrogen) atoms. The maximum absolute atomic E-state index is 12.5. The molecule has 0 spiro atoms. The van der Waals surface area contributed by atoms with E-state index in [0.29, 0.717) is 36.2 Å². The highest BCUT2D eigenvalue weighted by atomic mass is 79.9. The van der Waals surface area contributed by atoms with E-state index in [1.807, 2.05) is 0 Å². The summed E-state index contributed by atoms with van der Waals surface area (Å²) in [5.41, 5.74) is 1.03. The summed E-state index contributed by atoms with van der Waals surface area (Å²) in [7, 11) is -2.12. The van der Waals surface area contributed by atoms with E-state index in [9.17, 15) is 13.2 Å². The molecule has 2 rings (SSSR count). The number of hydrogen-bond donors (Lipinski definition) is 0. The van der Waals surface area contributed by atoms with Crippen molar-refractivity contribution >= 4 is 31.9 Å². The van der Waals surface area contributed by atoms with Gasteiger partial charge in [0, 0.05) is 18.4 Å². The number of methoxy groups -OCH3 is 1. The van der Waals surface area contributed by atoms with E-state index in [2.05, 4.69) is 15.9 Å². The Labute approximate surface area is 133 Å². The minimum absolute atomic E-state index is 0.197. The smallest absolute Gasteiger partial charge is 0.308 e. The Kier molecular flexibility index (Phi) is 5.40. The first kappa shape index (κ1) is 16.5. The van der Waals surface area contributed by atoms with E-state index in [1.54, 1.807) is 24.3 Å². The first-order valence-corrected chi connectivity index (χ1v) is 9.28. The molecular formula is C14H18BrNO4S. The number of benzene rings is 1. The van der Waals surface area contributed by atoms with Crippen molar-refractivity contribution in [3.63, 3.8) is 0 Å². The van der Waals surface area contributed by atoms with Gasteiger partial charge in [-0.1, -0.05) is 28.1 Å². The topological polar surface area (TPSA) is 63.7 Å². The Bertz CT molecular complexity index is 592. The van der Waals surface area contributed by atoms with Gasteiger partial charge in [-0.3, -0.25) is 4.79 Å². The third-order valence-corrected chi connectivity index (χ3v) is 6.26. The second kappa shape index (κ2) is 6.89. The maximum atomic E-state index is 12.5. The summed E-state index contributed by atoms with van der Waals surface area (Å²) in [4.78, 5) is 11.8. The van der Waals surface area contributed by atoms with Crippen LogP contribution in [0.4, 0.5) is 0 Å². The first-order valence-electron chi connectivity index (χ1n) is 6.72. The fraction of sp³-hybridized carbons (Fsp3) is 0.500. The zero-order valence-corrected chi connectivity index (χ0v) is 14.2. The van der Waals surface area contributed by atoms with Crippen molar-refractivity contribution in [2.75, 3.05) is 20.2 Å². The summed E-state index contributed by atoms with van der Waals surface area (Å²) in [6.07, 6.45) is 1.01. The van der Waals surface area contributed by atoms with Crippen molar-refractivity contribution in [1.82, 2.24) is 4.31 Å². The number of hydrogen-bond acceptors (Lipinski definition) is 4. The van der Waals surface area contributed by atoms with Crippen LogP contribution < -0.4 is 0 Å². The highest BCUT2D eigenvalue weighted by Gasteiger charge is 2.32. The second-order valence-electron chi connectivity index (χ2n) is 4.98. The van der Waals surface area contributed by atoms with Gasteiger partial charge in [0.1, 0.15) is 0 Å². The number of carbonyl (C=O) groups is 1. The Balaban J connectivity index is 2.09. The molecule has 1 aromatic rings. The van der Waals surface area contributed by atoms with Crippen LogP contribution in [0.3, 0.4) is 0 Å². The van der Waals surface area contributed by atoms with E-state index in [-0.39, 0.29) is 11.9 Å². The molecule has 1 aromatic carbocycles. The lowest BCUT2D eigenvalue weighted by Gasteiger charge is -2.29. The van der Waals surface area contributed by atoms with Gasteiger partial charge in [-0.25, -0.2) is 8.42 Å². The molecule has 1 aliphatic heterocycles. The van der Waals surface area contributed by atoms with Gasteiger partial charge in [-0.15, -0.1) is 0 Å². The van der Waals surface area contributed by atoms with Crippen molar-refractivity contribution in [2.45, 2.75) is 23.1 Å². The lowest BCUT2D eigenvalue weighted by atomic mass is 9.99. The summed E-state index contributed by atoms with van der Waals surface area (Å²) in [6, 6.07) is 6.84. The summed E-state index contributed by atoms with van der Waals surface area (Å²) < 4.78 is 31.2. The van der Waals surface area contributed by atoms with Gasteiger partial charge >= 0.3 is 5.97 Å². The van der Waals surface area contributed by atoms with E-state index in [4.69, 9.17) is 4.74 Å². The summed E-state index contributed by atoms with van der Waals surface area (Å²) in [5, 5.41) is 0.692. The highest BCUT2D eigenvalue weighted by Crippen LogP contribution is 2.24. The zero-order valence-electron chi connectivity index (χ0n) is 11.8. The quantitative estimate of drug-likeness (QED) is 0.597. The standard InChI is InChI=1S/C14H18BrNO4S/c1-20-14(17)12-6-8-16(9-7-12)21(18,19)13-4-2-11(10-15)3-5-13/h2-5,12H,6-10H2,1H3. The third-order valence-electron chi connectivity index (χ3n) is 3.70. The predicted octanol–water partition coefficient (Wildman–Crippen LogP) is 2.16. The van der Waals surface area contributed by atoms with Crippen molar-refractivity contribution in [3.8, 4) is 0 Å². The van der Waals surface area contributed by atoms with Crippen LogP contribution in [-0.4, -0.2) is 38.9 Å². The van der Waals surface area contributed by atoms with Gasteiger partial charge in [0.15, 0.2) is 0 Å². The highest BCUT2D eigenvalue weighted by molar-refractivity contribution is 9.08. The molecule has 1 aliphatic rings. The van der Waals surface area contributed by atoms with Crippen molar-refractivity contribution in [3.05, 3.63) is 29.8 Å². The molecule has 0 saturated carbocycles. The number of rotatable bonds is 4. The van der Waals surface area contributed by atoms with Gasteiger partial charge in [-0.05, 0) is 30.5 Å². The Morgan fingerprint density at radius 3 is 2.33 bits per heavy atom. The molecule has 1 fully saturated rings. The lowest BCUT2D eigenvalue weighted by Crippen LogP contribution is -2.40. The predicted molar refractivity (Wildman–Crippen MR) is 82.6 cm³/mol. The molecule has 1 heterocycles. The lowest BCUT2D eigenvalue weighted by molar-refractivity contribution is -0.146. The molecule has 0 unspecified atom stereocenters. The third kappa shape index (κ3) is 3.64. The Morgan fingerprint density at radius 1 is 1.29 bits per heavy atom. The van der Waals surface area contributed by atoms with Crippen LogP contribution in [0.15, 0.2) is 29.2 Å². The molecule has 0 N–H and O–H groups in total. The van der Waals surface area contributed by atoms with Crippen LogP contribution in [0.2, 0.25) is 0 Å². The maximum Gasteiger partial charge on any atom is 0.308 e. The molecule has 0 bridgehead atoms. The normalized spacial score (nSPS) is 17.6. The number of piperidine rings is 1. The Hall–Kier alpha value is -0.920. The Morgan fingerprint density at radius 2 is 1.86 bits per heavy atom. The van der Waals surface area contributed by atoms with Crippen LogP contribution in [0.1, 0.15) is 18.4 Å². The number of carbonyl (C=O) groups excluding carboxylic acids is 1. The van der Waals surface area contributed by atoms with Crippen LogP contribution in [0, 0.1) is 5.92 Å². The molecule has 0 atom stereocenters. The van der Waals surface area contributed by atoms with Gasteiger partial charge < -0.3 is 4.74 Å². The molecule has 1 saturated heterocycles. The number of sulfonamides is 1. The van der Waals surface area contributed by atoms with Gasteiger partial charge in [0.2, 0.25) is 10.0 Å². The average Bonchev–Trinajstić information content (AvgIpc) is 2.54. The van der Waals surface area contributed by atoms with Crippen LogP contribution in [0.5, 0.6) is 0 Å². The van der Waals surface area contributed by atoms with E-state index in [1.165, 1.54) is 11.4 Å². The average molecular weight is 376 g/mol. The van der Waals surface area contributed by atoms with E-state index < -0.39 is 10.0 Å². The molecular weight excluding hydrogens is 358 g/mol. The molecule has 0 radical (unpaired) electrons. The molecule has 0 aromatic heterocycles. The van der Waals surface area contributed by atoms with Crippen LogP contribution in [0.25, 0.3) is 0 Å².